The molecule has 2 heterocycles. The molecule has 0 amide bonds. The number of allylic oxidation sites excluding steroid dienone is 2. The molecule has 3 rings (SSSR count). The summed E-state index contributed by atoms with van der Waals surface area (Å²) in [5.41, 5.74) is 1.88. The number of rotatable bonds is 4. The van der Waals surface area contributed by atoms with Crippen LogP contribution in [0.25, 0.3) is 12.2 Å². The Morgan fingerprint density at radius 2 is 1.74 bits per heavy atom. The standard InChI is InChI=1S/C18H12N6OS2/c19-9-26-16-4-5-21-15(24-16)7-13-3-1-2-12(18(13)25)6-14-8-17(27-10-20)23-11-22-14/h4-8,11H,1-3H2/b12-6+,13-7+. The van der Waals surface area contributed by atoms with Crippen LogP contribution in [0.5, 0.6) is 0 Å². The normalized spacial score (nSPS) is 16.9. The number of Topliss-reactive ketones (excluding diaryl/α,β-unsaturated/α-hetero) is 1. The summed E-state index contributed by atoms with van der Waals surface area (Å²) in [5.74, 6) is 0.353. The van der Waals surface area contributed by atoms with Gasteiger partial charge in [-0.3, -0.25) is 4.79 Å². The number of hydrogen-bond donors (Lipinski definition) is 0. The summed E-state index contributed by atoms with van der Waals surface area (Å²) >= 11 is 1.90. The van der Waals surface area contributed by atoms with E-state index in [1.807, 2.05) is 10.8 Å². The van der Waals surface area contributed by atoms with Crippen LogP contribution in [0.3, 0.4) is 0 Å². The van der Waals surface area contributed by atoms with Crippen molar-refractivity contribution in [2.45, 2.75) is 29.3 Å². The molecule has 0 atom stereocenters. The monoisotopic (exact) mass is 392 g/mol. The SMILES string of the molecule is N#CSc1cc(/C=C2\CCC/C(=C\c3nccc(SC#N)n3)C2=O)ncn1. The topological polar surface area (TPSA) is 116 Å². The van der Waals surface area contributed by atoms with E-state index in [9.17, 15) is 4.79 Å². The fourth-order valence-electron chi connectivity index (χ4n) is 2.58. The van der Waals surface area contributed by atoms with Gasteiger partial charge >= 0.3 is 0 Å². The number of carbonyl (C=O) groups excluding carboxylic acids is 1. The van der Waals surface area contributed by atoms with E-state index in [2.05, 4.69) is 19.9 Å². The van der Waals surface area contributed by atoms with E-state index in [-0.39, 0.29) is 5.78 Å². The average Bonchev–Trinajstić information content (AvgIpc) is 2.66. The van der Waals surface area contributed by atoms with Gasteiger partial charge in [0.15, 0.2) is 11.6 Å². The predicted molar refractivity (Wildman–Crippen MR) is 102 cm³/mol. The average molecular weight is 392 g/mol. The molecule has 0 spiro atoms. The zero-order valence-electron chi connectivity index (χ0n) is 14.0. The first-order valence-electron chi connectivity index (χ1n) is 7.92. The number of thioether (sulfide) groups is 2. The van der Waals surface area contributed by atoms with E-state index in [1.54, 1.807) is 30.5 Å². The lowest BCUT2D eigenvalue weighted by molar-refractivity contribution is -0.112. The molecule has 0 saturated heterocycles. The Bertz CT molecular complexity index is 939. The van der Waals surface area contributed by atoms with E-state index in [0.717, 1.165) is 29.9 Å². The van der Waals surface area contributed by atoms with Crippen molar-refractivity contribution < 1.29 is 4.79 Å². The zero-order valence-corrected chi connectivity index (χ0v) is 15.6. The molecule has 27 heavy (non-hydrogen) atoms. The molecule has 1 aliphatic carbocycles. The first-order valence-corrected chi connectivity index (χ1v) is 9.55. The van der Waals surface area contributed by atoms with Gasteiger partial charge in [0.1, 0.15) is 27.2 Å². The third kappa shape index (κ3) is 5.00. The highest BCUT2D eigenvalue weighted by molar-refractivity contribution is 8.03. The van der Waals surface area contributed by atoms with Crippen molar-refractivity contribution in [1.29, 1.82) is 10.5 Å². The van der Waals surface area contributed by atoms with Crippen LogP contribution in [0, 0.1) is 21.3 Å². The number of carbonyl (C=O) groups is 1. The molecule has 0 bridgehead atoms. The molecule has 1 aliphatic rings. The molecule has 0 aliphatic heterocycles. The number of nitrogens with zero attached hydrogens (tertiary/aromatic N) is 6. The Labute approximate surface area is 164 Å². The Kier molecular flexibility index (Phi) is 6.31. The molecule has 2 aromatic rings. The smallest absolute Gasteiger partial charge is 0.185 e. The number of aromatic nitrogens is 4. The molecule has 1 fully saturated rings. The van der Waals surface area contributed by atoms with Crippen molar-refractivity contribution in [3.8, 4) is 10.8 Å². The number of thiocyanates is 2. The molecular formula is C18H12N6OS2. The minimum atomic E-state index is -0.0590. The predicted octanol–water partition coefficient (Wildman–Crippen LogP) is 3.63. The van der Waals surface area contributed by atoms with E-state index in [0.29, 0.717) is 45.6 Å². The van der Waals surface area contributed by atoms with Crippen molar-refractivity contribution in [2.24, 2.45) is 0 Å². The quantitative estimate of drug-likeness (QED) is 0.333. The number of nitriles is 2. The van der Waals surface area contributed by atoms with Gasteiger partial charge in [-0.15, -0.1) is 0 Å². The molecule has 0 unspecified atom stereocenters. The Morgan fingerprint density at radius 1 is 1.00 bits per heavy atom. The van der Waals surface area contributed by atoms with Crippen LogP contribution in [0.4, 0.5) is 0 Å². The first kappa shape index (κ1) is 18.8. The first-order chi connectivity index (χ1) is 13.2. The summed E-state index contributed by atoms with van der Waals surface area (Å²) in [7, 11) is 0. The van der Waals surface area contributed by atoms with E-state index in [1.165, 1.54) is 6.33 Å². The lowest BCUT2D eigenvalue weighted by Gasteiger charge is -2.16. The van der Waals surface area contributed by atoms with Crippen molar-refractivity contribution in [3.63, 3.8) is 0 Å². The van der Waals surface area contributed by atoms with Crippen LogP contribution >= 0.6 is 23.5 Å². The molecule has 132 valence electrons. The van der Waals surface area contributed by atoms with Crippen LogP contribution < -0.4 is 0 Å². The van der Waals surface area contributed by atoms with E-state index >= 15 is 0 Å². The summed E-state index contributed by atoms with van der Waals surface area (Å²) in [4.78, 5) is 29.4. The molecule has 0 radical (unpaired) electrons. The minimum Gasteiger partial charge on any atom is -0.289 e. The molecular weight excluding hydrogens is 380 g/mol. The van der Waals surface area contributed by atoms with Crippen LogP contribution in [0.2, 0.25) is 0 Å². The summed E-state index contributed by atoms with van der Waals surface area (Å²) < 4.78 is 0. The molecule has 2 aromatic heterocycles. The van der Waals surface area contributed by atoms with Crippen molar-refractivity contribution in [3.05, 3.63) is 47.3 Å². The van der Waals surface area contributed by atoms with Gasteiger partial charge in [-0.2, -0.15) is 10.5 Å². The second-order valence-corrected chi connectivity index (χ2v) is 7.05. The maximum Gasteiger partial charge on any atom is 0.185 e. The van der Waals surface area contributed by atoms with Gasteiger partial charge in [-0.1, -0.05) is 0 Å². The van der Waals surface area contributed by atoms with Crippen molar-refractivity contribution in [2.75, 3.05) is 0 Å². The number of hydrogen-bond acceptors (Lipinski definition) is 9. The van der Waals surface area contributed by atoms with Crippen molar-refractivity contribution >= 4 is 41.5 Å². The third-order valence-corrected chi connectivity index (χ3v) is 4.76. The highest BCUT2D eigenvalue weighted by Crippen LogP contribution is 2.28. The molecule has 0 aromatic carbocycles. The molecule has 0 N–H and O–H groups in total. The van der Waals surface area contributed by atoms with Crippen LogP contribution in [-0.2, 0) is 4.79 Å². The van der Waals surface area contributed by atoms with Crippen LogP contribution in [0.1, 0.15) is 30.8 Å². The van der Waals surface area contributed by atoms with Crippen molar-refractivity contribution in [1.82, 2.24) is 19.9 Å². The van der Waals surface area contributed by atoms with Gasteiger partial charge < -0.3 is 0 Å². The van der Waals surface area contributed by atoms with Gasteiger partial charge in [0.05, 0.1) is 5.69 Å². The maximum absolute atomic E-state index is 12.8. The lowest BCUT2D eigenvalue weighted by atomic mass is 9.88. The third-order valence-electron chi connectivity index (χ3n) is 3.71. The zero-order chi connectivity index (χ0) is 19.1. The summed E-state index contributed by atoms with van der Waals surface area (Å²) in [6.45, 7) is 0. The largest absolute Gasteiger partial charge is 0.289 e. The molecule has 1 saturated carbocycles. The van der Waals surface area contributed by atoms with Gasteiger partial charge in [0, 0.05) is 40.9 Å². The number of ketones is 1. The van der Waals surface area contributed by atoms with Crippen LogP contribution in [-0.4, -0.2) is 25.7 Å². The van der Waals surface area contributed by atoms with Crippen LogP contribution in [0.15, 0.2) is 45.9 Å². The second-order valence-electron chi connectivity index (χ2n) is 5.44. The Balaban J connectivity index is 1.85. The highest BCUT2D eigenvalue weighted by atomic mass is 32.2. The lowest BCUT2D eigenvalue weighted by Crippen LogP contribution is -2.12. The minimum absolute atomic E-state index is 0.0590. The highest BCUT2D eigenvalue weighted by Gasteiger charge is 2.21. The summed E-state index contributed by atoms with van der Waals surface area (Å²) in [5, 5.41) is 22.5. The fourth-order valence-corrected chi connectivity index (χ4v) is 3.31. The Hall–Kier alpha value is -3.01. The maximum atomic E-state index is 12.8. The Morgan fingerprint density at radius 3 is 2.52 bits per heavy atom. The van der Waals surface area contributed by atoms with Gasteiger partial charge in [0.2, 0.25) is 0 Å². The van der Waals surface area contributed by atoms with Gasteiger partial charge in [0.25, 0.3) is 0 Å². The molecule has 9 heteroatoms. The summed E-state index contributed by atoms with van der Waals surface area (Å²) in [6, 6.07) is 3.33. The summed E-state index contributed by atoms with van der Waals surface area (Å²) in [6.07, 6.45) is 8.50. The van der Waals surface area contributed by atoms with Gasteiger partial charge in [-0.05, 0) is 43.5 Å². The van der Waals surface area contributed by atoms with E-state index in [4.69, 9.17) is 10.5 Å². The second kappa shape index (κ2) is 9.08. The molecule has 7 nitrogen and oxygen atoms in total. The van der Waals surface area contributed by atoms with E-state index < -0.39 is 0 Å². The fraction of sp³-hybridized carbons (Fsp3) is 0.167. The van der Waals surface area contributed by atoms with Gasteiger partial charge in [-0.25, -0.2) is 19.9 Å².